The predicted octanol–water partition coefficient (Wildman–Crippen LogP) is -1.54. The molecule has 3 heterocycles. The highest BCUT2D eigenvalue weighted by Crippen LogP contribution is 2.39. The van der Waals surface area contributed by atoms with Crippen molar-refractivity contribution in [1.29, 1.82) is 0 Å². The van der Waals surface area contributed by atoms with Crippen LogP contribution in [0, 0.1) is 0 Å². The summed E-state index contributed by atoms with van der Waals surface area (Å²) in [6.45, 7) is 0.993. The van der Waals surface area contributed by atoms with E-state index in [1.807, 2.05) is 0 Å². The van der Waals surface area contributed by atoms with Crippen LogP contribution in [-0.2, 0) is 4.74 Å². The molecular weight excluding hydrogens is 310 g/mol. The van der Waals surface area contributed by atoms with Crippen LogP contribution >= 0.6 is 12.2 Å². The summed E-state index contributed by atoms with van der Waals surface area (Å²) in [6.07, 6.45) is -0.462. The summed E-state index contributed by atoms with van der Waals surface area (Å²) in [5.74, 6) is 0. The van der Waals surface area contributed by atoms with E-state index in [1.165, 1.54) is 24.1 Å². The van der Waals surface area contributed by atoms with Crippen molar-refractivity contribution in [2.24, 2.45) is 5.73 Å². The lowest BCUT2D eigenvalue weighted by Crippen LogP contribution is -2.44. The number of hydrogen-bond acceptors (Lipinski definition) is 8. The Morgan fingerprint density at radius 1 is 1.50 bits per heavy atom. The van der Waals surface area contributed by atoms with Crippen LogP contribution in [0.5, 0.6) is 0 Å². The van der Waals surface area contributed by atoms with Crippen molar-refractivity contribution in [3.63, 3.8) is 0 Å². The summed E-state index contributed by atoms with van der Waals surface area (Å²) >= 11 is 4.92. The fourth-order valence-electron chi connectivity index (χ4n) is 2.59. The van der Waals surface area contributed by atoms with Gasteiger partial charge in [0.1, 0.15) is 40.3 Å². The van der Waals surface area contributed by atoms with Crippen molar-refractivity contribution in [3.8, 4) is 0 Å². The van der Waals surface area contributed by atoms with Crippen LogP contribution < -0.4 is 5.73 Å². The van der Waals surface area contributed by atoms with Crippen LogP contribution in [0.3, 0.4) is 0 Å². The van der Waals surface area contributed by atoms with E-state index in [4.69, 9.17) is 22.7 Å². The van der Waals surface area contributed by atoms with E-state index in [0.717, 1.165) is 0 Å². The molecule has 118 valence electrons. The SMILES string of the molecule is C[C@]1(O)C(n2cnc3c(C(N)=S)ncnc32)OC(CO)[C@H]1O. The number of thiocarbonyl (C=S) groups is 1. The number of ether oxygens (including phenoxy) is 1. The van der Waals surface area contributed by atoms with Gasteiger partial charge in [0.15, 0.2) is 11.9 Å². The van der Waals surface area contributed by atoms with Gasteiger partial charge in [-0.2, -0.15) is 0 Å². The lowest BCUT2D eigenvalue weighted by molar-refractivity contribution is -0.0950. The molecular formula is C12H15N5O4S. The molecule has 0 amide bonds. The van der Waals surface area contributed by atoms with Crippen LogP contribution in [0.2, 0.25) is 0 Å². The molecule has 1 fully saturated rings. The Morgan fingerprint density at radius 2 is 2.23 bits per heavy atom. The zero-order valence-electron chi connectivity index (χ0n) is 11.6. The van der Waals surface area contributed by atoms with Gasteiger partial charge in [-0.15, -0.1) is 0 Å². The van der Waals surface area contributed by atoms with Gasteiger partial charge in [-0.1, -0.05) is 12.2 Å². The summed E-state index contributed by atoms with van der Waals surface area (Å²) < 4.78 is 7.00. The number of nitrogens with two attached hydrogens (primary N) is 1. The molecule has 1 aliphatic rings. The topological polar surface area (TPSA) is 140 Å². The summed E-state index contributed by atoms with van der Waals surface area (Å²) in [7, 11) is 0. The van der Waals surface area contributed by atoms with Gasteiger partial charge in [0.05, 0.1) is 12.9 Å². The molecule has 3 rings (SSSR count). The van der Waals surface area contributed by atoms with Crippen LogP contribution in [0.25, 0.3) is 11.2 Å². The van der Waals surface area contributed by atoms with Crippen molar-refractivity contribution in [2.45, 2.75) is 31.0 Å². The molecule has 0 saturated carbocycles. The Balaban J connectivity index is 2.12. The van der Waals surface area contributed by atoms with Gasteiger partial charge in [-0.05, 0) is 6.92 Å². The summed E-state index contributed by atoms with van der Waals surface area (Å²) in [5, 5.41) is 29.8. The third-order valence-electron chi connectivity index (χ3n) is 3.78. The van der Waals surface area contributed by atoms with Gasteiger partial charge < -0.3 is 25.8 Å². The van der Waals surface area contributed by atoms with Crippen molar-refractivity contribution in [1.82, 2.24) is 19.5 Å². The van der Waals surface area contributed by atoms with Crippen molar-refractivity contribution in [3.05, 3.63) is 18.3 Å². The second-order valence-corrected chi connectivity index (χ2v) is 5.73. The van der Waals surface area contributed by atoms with E-state index in [-0.39, 0.29) is 4.99 Å². The third kappa shape index (κ3) is 2.08. The fraction of sp³-hybridized carbons (Fsp3) is 0.500. The number of hydrogen-bond donors (Lipinski definition) is 4. The maximum absolute atomic E-state index is 10.5. The minimum Gasteiger partial charge on any atom is -0.394 e. The van der Waals surface area contributed by atoms with Gasteiger partial charge in [0.2, 0.25) is 0 Å². The molecule has 22 heavy (non-hydrogen) atoms. The molecule has 10 heteroatoms. The Hall–Kier alpha value is -1.72. The molecule has 0 radical (unpaired) electrons. The largest absolute Gasteiger partial charge is 0.394 e. The molecule has 1 aliphatic heterocycles. The smallest absolute Gasteiger partial charge is 0.168 e. The molecule has 0 aliphatic carbocycles. The third-order valence-corrected chi connectivity index (χ3v) is 3.97. The van der Waals surface area contributed by atoms with E-state index in [2.05, 4.69) is 15.0 Å². The lowest BCUT2D eigenvalue weighted by Gasteiger charge is -2.27. The number of rotatable bonds is 3. The second-order valence-electron chi connectivity index (χ2n) is 5.29. The monoisotopic (exact) mass is 325 g/mol. The number of aliphatic hydroxyl groups excluding tert-OH is 2. The number of aromatic nitrogens is 4. The van der Waals surface area contributed by atoms with Gasteiger partial charge in [0, 0.05) is 0 Å². The highest BCUT2D eigenvalue weighted by molar-refractivity contribution is 7.80. The highest BCUT2D eigenvalue weighted by Gasteiger charge is 2.53. The first-order chi connectivity index (χ1) is 10.4. The van der Waals surface area contributed by atoms with Crippen LogP contribution in [-0.4, -0.2) is 64.2 Å². The summed E-state index contributed by atoms with van der Waals surface area (Å²) in [5.41, 5.74) is 5.01. The standard InChI is InChI=1S/C12H15N5O4S/c1-12(20)8(19)5(2-18)21-11(12)17-4-16-7-6(9(13)22)14-3-15-10(7)17/h3-5,8,11,18-20H,2H2,1H3,(H2,13,22)/t5?,8-,11?,12-/m1/s1. The Bertz CT molecular complexity index is 733. The number of nitrogens with zero attached hydrogens (tertiary/aromatic N) is 4. The summed E-state index contributed by atoms with van der Waals surface area (Å²) in [4.78, 5) is 12.3. The lowest BCUT2D eigenvalue weighted by atomic mass is 9.96. The normalized spacial score (nSPS) is 31.7. The maximum atomic E-state index is 10.5. The van der Waals surface area contributed by atoms with Crippen molar-refractivity contribution in [2.75, 3.05) is 6.61 Å². The van der Waals surface area contributed by atoms with E-state index < -0.39 is 30.6 Å². The first-order valence-corrected chi connectivity index (χ1v) is 6.92. The second kappa shape index (κ2) is 5.18. The number of aliphatic hydroxyl groups is 3. The molecule has 0 bridgehead atoms. The average molecular weight is 325 g/mol. The zero-order valence-corrected chi connectivity index (χ0v) is 12.4. The molecule has 0 aromatic carbocycles. The van der Waals surface area contributed by atoms with Crippen LogP contribution in [0.4, 0.5) is 0 Å². The molecule has 2 unspecified atom stereocenters. The first kappa shape index (κ1) is 15.2. The van der Waals surface area contributed by atoms with Gasteiger partial charge in [0.25, 0.3) is 0 Å². The summed E-state index contributed by atoms with van der Waals surface area (Å²) in [6, 6.07) is 0. The molecule has 0 spiro atoms. The first-order valence-electron chi connectivity index (χ1n) is 6.52. The number of imidazole rings is 1. The highest BCUT2D eigenvalue weighted by atomic mass is 32.1. The average Bonchev–Trinajstić information content (AvgIpc) is 2.99. The minimum absolute atomic E-state index is 0.0741. The molecule has 5 N–H and O–H groups in total. The predicted molar refractivity (Wildman–Crippen MR) is 78.8 cm³/mol. The number of fused-ring (bicyclic) bond motifs is 1. The van der Waals surface area contributed by atoms with Crippen molar-refractivity contribution >= 4 is 28.4 Å². The van der Waals surface area contributed by atoms with E-state index in [9.17, 15) is 15.3 Å². The molecule has 9 nitrogen and oxygen atoms in total. The fourth-order valence-corrected chi connectivity index (χ4v) is 2.74. The molecule has 1 saturated heterocycles. The Morgan fingerprint density at radius 3 is 2.82 bits per heavy atom. The van der Waals surface area contributed by atoms with Gasteiger partial charge in [-0.25, -0.2) is 15.0 Å². The van der Waals surface area contributed by atoms with Crippen molar-refractivity contribution < 1.29 is 20.1 Å². The van der Waals surface area contributed by atoms with E-state index in [0.29, 0.717) is 16.9 Å². The zero-order chi connectivity index (χ0) is 16.1. The van der Waals surface area contributed by atoms with Gasteiger partial charge >= 0.3 is 0 Å². The van der Waals surface area contributed by atoms with Gasteiger partial charge in [-0.3, -0.25) is 4.57 Å². The molecule has 4 atom stereocenters. The minimum atomic E-state index is -1.63. The van der Waals surface area contributed by atoms with E-state index >= 15 is 0 Å². The van der Waals surface area contributed by atoms with Crippen LogP contribution in [0.1, 0.15) is 18.8 Å². The molecule has 2 aromatic heterocycles. The van der Waals surface area contributed by atoms with E-state index in [1.54, 1.807) is 0 Å². The Kier molecular flexibility index (Phi) is 3.57. The quantitative estimate of drug-likeness (QED) is 0.494. The van der Waals surface area contributed by atoms with Crippen LogP contribution in [0.15, 0.2) is 12.7 Å². The Labute approximate surface area is 130 Å². The maximum Gasteiger partial charge on any atom is 0.168 e. The molecule has 2 aromatic rings.